The van der Waals surface area contributed by atoms with Gasteiger partial charge in [-0.2, -0.15) is 0 Å². The molecule has 0 saturated carbocycles. The smallest absolute Gasteiger partial charge is 0.250 e. The van der Waals surface area contributed by atoms with Crippen LogP contribution >= 0.6 is 35.4 Å². The molecule has 39 heavy (non-hydrogen) atoms. The number of hydrogen-bond donors (Lipinski definition) is 2. The van der Waals surface area contributed by atoms with E-state index in [1.165, 1.54) is 7.11 Å². The summed E-state index contributed by atoms with van der Waals surface area (Å²) in [6.45, 7) is 4.13. The Morgan fingerprint density at radius 1 is 1.08 bits per heavy atom. The predicted molar refractivity (Wildman–Crippen MR) is 160 cm³/mol. The second-order valence-corrected chi connectivity index (χ2v) is 10.5. The molecule has 2 aromatic heterocycles. The molecule has 0 aliphatic carbocycles. The summed E-state index contributed by atoms with van der Waals surface area (Å²) in [6.07, 6.45) is 1.78. The second kappa shape index (κ2) is 11.4. The van der Waals surface area contributed by atoms with Crippen LogP contribution in [0.1, 0.15) is 34.7 Å². The van der Waals surface area contributed by atoms with Gasteiger partial charge in [0.1, 0.15) is 6.61 Å². The SMILES string of the molecule is COCC(=O)Nc1ccc(N2C(=S)N[C@@H](c3ccccn3)[C@H]2c2cc(C)n(-c3ccc(Cl)cc3)c2C)cc1Cl. The lowest BCUT2D eigenvalue weighted by atomic mass is 9.96. The number of carbonyl (C=O) groups excluding carboxylic acids is 1. The number of benzene rings is 2. The minimum Gasteiger partial charge on any atom is -0.375 e. The van der Waals surface area contributed by atoms with Crippen LogP contribution in [0.4, 0.5) is 11.4 Å². The van der Waals surface area contributed by atoms with Crippen LogP contribution in [0.5, 0.6) is 0 Å². The number of amides is 1. The number of thiocarbonyl (C=S) groups is 1. The number of nitrogens with zero attached hydrogens (tertiary/aromatic N) is 3. The highest BCUT2D eigenvalue weighted by Gasteiger charge is 2.42. The van der Waals surface area contributed by atoms with Gasteiger partial charge in [0.2, 0.25) is 5.91 Å². The molecule has 1 amide bonds. The third kappa shape index (κ3) is 5.38. The van der Waals surface area contributed by atoms with E-state index in [9.17, 15) is 4.79 Å². The first kappa shape index (κ1) is 27.1. The molecule has 10 heteroatoms. The van der Waals surface area contributed by atoms with Gasteiger partial charge in [-0.3, -0.25) is 9.78 Å². The Balaban J connectivity index is 1.60. The molecule has 1 aliphatic rings. The van der Waals surface area contributed by atoms with Gasteiger partial charge in [0.05, 0.1) is 28.5 Å². The largest absolute Gasteiger partial charge is 0.375 e. The number of hydrogen-bond acceptors (Lipinski definition) is 4. The van der Waals surface area contributed by atoms with E-state index in [1.54, 1.807) is 12.3 Å². The van der Waals surface area contributed by atoms with Crippen molar-refractivity contribution in [1.29, 1.82) is 0 Å². The molecule has 0 spiro atoms. The summed E-state index contributed by atoms with van der Waals surface area (Å²) >= 11 is 18.7. The van der Waals surface area contributed by atoms with Gasteiger partial charge < -0.3 is 24.8 Å². The van der Waals surface area contributed by atoms with E-state index in [-0.39, 0.29) is 24.6 Å². The van der Waals surface area contributed by atoms with Gasteiger partial charge in [-0.15, -0.1) is 0 Å². The number of nitrogens with one attached hydrogen (secondary N) is 2. The van der Waals surface area contributed by atoms with Gasteiger partial charge in [0.15, 0.2) is 5.11 Å². The summed E-state index contributed by atoms with van der Waals surface area (Å²) in [7, 11) is 1.47. The van der Waals surface area contributed by atoms with Gasteiger partial charge in [-0.05, 0) is 92.3 Å². The molecule has 4 aromatic rings. The van der Waals surface area contributed by atoms with Crippen LogP contribution < -0.4 is 15.5 Å². The van der Waals surface area contributed by atoms with Crippen LogP contribution in [-0.2, 0) is 9.53 Å². The number of pyridine rings is 1. The van der Waals surface area contributed by atoms with Crippen LogP contribution in [0.25, 0.3) is 5.69 Å². The molecule has 1 aliphatic heterocycles. The number of ether oxygens (including phenoxy) is 1. The Kier molecular flexibility index (Phi) is 7.91. The first-order valence-electron chi connectivity index (χ1n) is 12.3. The lowest BCUT2D eigenvalue weighted by Crippen LogP contribution is -2.29. The molecule has 7 nitrogen and oxygen atoms in total. The second-order valence-electron chi connectivity index (χ2n) is 9.28. The van der Waals surface area contributed by atoms with Gasteiger partial charge >= 0.3 is 0 Å². The average molecular weight is 581 g/mol. The molecule has 3 heterocycles. The summed E-state index contributed by atoms with van der Waals surface area (Å²) in [6, 6.07) is 20.9. The van der Waals surface area contributed by atoms with Gasteiger partial charge in [0.25, 0.3) is 0 Å². The van der Waals surface area contributed by atoms with E-state index >= 15 is 0 Å². The van der Waals surface area contributed by atoms with Crippen LogP contribution in [-0.4, -0.2) is 34.3 Å². The molecule has 200 valence electrons. The number of methoxy groups -OCH3 is 1. The van der Waals surface area contributed by atoms with Crippen molar-refractivity contribution in [3.05, 3.63) is 106 Å². The van der Waals surface area contributed by atoms with Crippen molar-refractivity contribution >= 4 is 57.8 Å². The zero-order valence-electron chi connectivity index (χ0n) is 21.6. The highest BCUT2D eigenvalue weighted by atomic mass is 35.5. The summed E-state index contributed by atoms with van der Waals surface area (Å²) in [5, 5.41) is 7.90. The first-order chi connectivity index (χ1) is 18.8. The third-order valence-electron chi connectivity index (χ3n) is 6.75. The van der Waals surface area contributed by atoms with Gasteiger partial charge in [-0.1, -0.05) is 29.3 Å². The molecule has 2 aromatic carbocycles. The third-order valence-corrected chi connectivity index (χ3v) is 7.63. The number of aryl methyl sites for hydroxylation is 1. The predicted octanol–water partition coefficient (Wildman–Crippen LogP) is 6.56. The first-order valence-corrected chi connectivity index (χ1v) is 13.5. The van der Waals surface area contributed by atoms with Crippen LogP contribution in [0.15, 0.2) is 72.9 Å². The molecule has 1 fully saturated rings. The van der Waals surface area contributed by atoms with Crippen LogP contribution in [0.3, 0.4) is 0 Å². The molecular formula is C29H27Cl2N5O2S. The molecule has 0 unspecified atom stereocenters. The maximum Gasteiger partial charge on any atom is 0.250 e. The standard InChI is InChI=1S/C29H27Cl2N5O2S/c1-17-14-22(18(2)35(17)20-9-7-19(30)8-10-20)28-27(25-6-4-5-13-32-25)34-29(39)36(28)21-11-12-24(23(31)15-21)33-26(37)16-38-3/h4-15,27-28H,16H2,1-3H3,(H,33,37)(H,34,39)/t27-,28+/m0/s1. The molecule has 0 radical (unpaired) electrons. The van der Waals surface area contributed by atoms with E-state index in [2.05, 4.69) is 45.0 Å². The fourth-order valence-corrected chi connectivity index (χ4v) is 5.79. The lowest BCUT2D eigenvalue weighted by molar-refractivity contribution is -0.119. The van der Waals surface area contributed by atoms with Crippen molar-refractivity contribution in [2.75, 3.05) is 23.9 Å². The monoisotopic (exact) mass is 579 g/mol. The zero-order valence-corrected chi connectivity index (χ0v) is 23.9. The van der Waals surface area contributed by atoms with Crippen molar-refractivity contribution < 1.29 is 9.53 Å². The van der Waals surface area contributed by atoms with Gasteiger partial charge in [-0.25, -0.2) is 0 Å². The number of anilines is 2. The Hall–Kier alpha value is -3.43. The summed E-state index contributed by atoms with van der Waals surface area (Å²) < 4.78 is 7.12. The molecular weight excluding hydrogens is 553 g/mol. The number of rotatable bonds is 7. The molecule has 2 N–H and O–H groups in total. The van der Waals surface area contributed by atoms with E-state index in [4.69, 9.17) is 40.2 Å². The van der Waals surface area contributed by atoms with Crippen molar-refractivity contribution in [1.82, 2.24) is 14.9 Å². The quantitative estimate of drug-likeness (QED) is 0.242. The number of aromatic nitrogens is 2. The van der Waals surface area contributed by atoms with Crippen molar-refractivity contribution in [3.8, 4) is 5.69 Å². The van der Waals surface area contributed by atoms with E-state index in [0.29, 0.717) is 20.8 Å². The maximum atomic E-state index is 12.0. The highest BCUT2D eigenvalue weighted by molar-refractivity contribution is 7.80. The topological polar surface area (TPSA) is 71.4 Å². The minimum atomic E-state index is -0.284. The lowest BCUT2D eigenvalue weighted by Gasteiger charge is -2.28. The van der Waals surface area contributed by atoms with Gasteiger partial charge in [0, 0.05) is 41.1 Å². The Morgan fingerprint density at radius 2 is 1.82 bits per heavy atom. The van der Waals surface area contributed by atoms with Crippen LogP contribution in [0, 0.1) is 13.8 Å². The Labute approximate surface area is 242 Å². The van der Waals surface area contributed by atoms with Crippen molar-refractivity contribution in [3.63, 3.8) is 0 Å². The maximum absolute atomic E-state index is 12.0. The summed E-state index contributed by atoms with van der Waals surface area (Å²) in [5.74, 6) is -0.284. The fraction of sp³-hybridized carbons (Fsp3) is 0.207. The van der Waals surface area contributed by atoms with Crippen molar-refractivity contribution in [2.24, 2.45) is 0 Å². The summed E-state index contributed by atoms with van der Waals surface area (Å²) in [4.78, 5) is 18.8. The number of carbonyl (C=O) groups is 1. The summed E-state index contributed by atoms with van der Waals surface area (Å²) in [5.41, 5.74) is 6.44. The fourth-order valence-electron chi connectivity index (χ4n) is 5.10. The highest BCUT2D eigenvalue weighted by Crippen LogP contribution is 2.44. The van der Waals surface area contributed by atoms with Crippen LogP contribution in [0.2, 0.25) is 10.0 Å². The molecule has 5 rings (SSSR count). The number of halogens is 2. The van der Waals surface area contributed by atoms with E-state index in [1.807, 2.05) is 54.6 Å². The Bertz CT molecular complexity index is 1520. The average Bonchev–Trinajstić information content (AvgIpc) is 3.41. The van der Waals surface area contributed by atoms with E-state index in [0.717, 1.165) is 34.0 Å². The molecule has 0 bridgehead atoms. The molecule has 2 atom stereocenters. The normalized spacial score (nSPS) is 16.8. The molecule has 1 saturated heterocycles. The van der Waals surface area contributed by atoms with Crippen molar-refractivity contribution in [2.45, 2.75) is 25.9 Å². The zero-order chi connectivity index (χ0) is 27.7. The van der Waals surface area contributed by atoms with E-state index < -0.39 is 0 Å². The minimum absolute atomic E-state index is 0.0602. The Morgan fingerprint density at radius 3 is 2.49 bits per heavy atom.